The van der Waals surface area contributed by atoms with Crippen LogP contribution in [0.5, 0.6) is 5.75 Å². The molecule has 0 saturated carbocycles. The number of benzene rings is 1. The zero-order chi connectivity index (χ0) is 23.5. The predicted octanol–water partition coefficient (Wildman–Crippen LogP) is 0.737. The average molecular weight is 458 g/mol. The number of halogens is 3. The lowest BCUT2D eigenvalue weighted by Gasteiger charge is -2.41. The van der Waals surface area contributed by atoms with Gasteiger partial charge >= 0.3 is 6.18 Å². The second kappa shape index (κ2) is 9.88. The summed E-state index contributed by atoms with van der Waals surface area (Å²) in [5.41, 5.74) is 0.670. The van der Waals surface area contributed by atoms with E-state index in [1.807, 2.05) is 0 Å². The number of ether oxygens (including phenoxy) is 2. The van der Waals surface area contributed by atoms with Gasteiger partial charge in [0, 0.05) is 24.8 Å². The molecular formula is C21H25F3N2O6. The van der Waals surface area contributed by atoms with Crippen LogP contribution < -0.4 is 10.1 Å². The molecule has 3 N–H and O–H groups in total. The van der Waals surface area contributed by atoms with E-state index in [9.17, 15) is 27.9 Å². The highest BCUT2D eigenvalue weighted by Crippen LogP contribution is 2.47. The van der Waals surface area contributed by atoms with Crippen molar-refractivity contribution >= 4 is 11.8 Å². The van der Waals surface area contributed by atoms with E-state index in [4.69, 9.17) is 14.6 Å². The van der Waals surface area contributed by atoms with Crippen molar-refractivity contribution < 1.29 is 42.4 Å². The highest BCUT2D eigenvalue weighted by Gasteiger charge is 2.51. The van der Waals surface area contributed by atoms with Gasteiger partial charge in [-0.2, -0.15) is 13.2 Å². The summed E-state index contributed by atoms with van der Waals surface area (Å²) in [7, 11) is 1.31. The maximum absolute atomic E-state index is 13.3. The molecule has 1 aromatic carbocycles. The topological polar surface area (TPSA) is 108 Å². The summed E-state index contributed by atoms with van der Waals surface area (Å²) in [5.74, 6) is -1.84. The third-order valence-electron chi connectivity index (χ3n) is 5.43. The first kappa shape index (κ1) is 24.0. The number of hydrogen-bond acceptors (Lipinski definition) is 6. The number of carbonyl (C=O) groups excluding carboxylic acids is 2. The van der Waals surface area contributed by atoms with Crippen LogP contribution in [-0.4, -0.2) is 84.8 Å². The Morgan fingerprint density at radius 3 is 2.66 bits per heavy atom. The van der Waals surface area contributed by atoms with Crippen molar-refractivity contribution in [1.82, 2.24) is 10.2 Å². The third-order valence-corrected chi connectivity index (χ3v) is 5.43. The van der Waals surface area contributed by atoms with Crippen molar-refractivity contribution in [2.24, 2.45) is 0 Å². The fourth-order valence-electron chi connectivity index (χ4n) is 4.08. The Morgan fingerprint density at radius 1 is 1.28 bits per heavy atom. The number of alkyl halides is 3. The van der Waals surface area contributed by atoms with Gasteiger partial charge in [0.2, 0.25) is 11.8 Å². The fraction of sp³-hybridized carbons (Fsp3) is 0.524. The van der Waals surface area contributed by atoms with Gasteiger partial charge in [-0.05, 0) is 12.1 Å². The number of aliphatic hydroxyl groups is 2. The van der Waals surface area contributed by atoms with Crippen LogP contribution in [0.4, 0.5) is 13.2 Å². The number of para-hydroxylation sites is 1. The van der Waals surface area contributed by atoms with Gasteiger partial charge in [-0.1, -0.05) is 18.2 Å². The molecule has 176 valence electrons. The molecule has 0 radical (unpaired) electrons. The maximum atomic E-state index is 13.3. The first-order chi connectivity index (χ1) is 15.2. The van der Waals surface area contributed by atoms with Gasteiger partial charge in [0.25, 0.3) is 0 Å². The van der Waals surface area contributed by atoms with E-state index in [1.165, 1.54) is 13.2 Å². The minimum atomic E-state index is -4.73. The van der Waals surface area contributed by atoms with Gasteiger partial charge in [-0.15, -0.1) is 0 Å². The Labute approximate surface area is 182 Å². The summed E-state index contributed by atoms with van der Waals surface area (Å²) in [5, 5.41) is 22.5. The Balaban J connectivity index is 2.03. The summed E-state index contributed by atoms with van der Waals surface area (Å²) in [6.45, 7) is -2.11. The number of aliphatic hydroxyl groups excluding tert-OH is 2. The zero-order valence-electron chi connectivity index (χ0n) is 17.3. The lowest BCUT2D eigenvalue weighted by molar-refractivity contribution is -0.170. The van der Waals surface area contributed by atoms with Crippen molar-refractivity contribution in [3.63, 3.8) is 0 Å². The van der Waals surface area contributed by atoms with Gasteiger partial charge in [0.15, 0.2) is 0 Å². The highest BCUT2D eigenvalue weighted by molar-refractivity contribution is 5.96. The molecule has 1 aliphatic carbocycles. The van der Waals surface area contributed by atoms with Crippen LogP contribution in [0.3, 0.4) is 0 Å². The lowest BCUT2D eigenvalue weighted by Crippen LogP contribution is -2.57. The summed E-state index contributed by atoms with van der Waals surface area (Å²) >= 11 is 0. The summed E-state index contributed by atoms with van der Waals surface area (Å²) in [6.07, 6.45) is -6.45. The van der Waals surface area contributed by atoms with Crippen molar-refractivity contribution in [2.75, 3.05) is 33.4 Å². The van der Waals surface area contributed by atoms with Gasteiger partial charge < -0.3 is 29.9 Å². The lowest BCUT2D eigenvalue weighted by atomic mass is 9.77. The Hall–Kier alpha value is -2.63. The van der Waals surface area contributed by atoms with Gasteiger partial charge in [0.1, 0.15) is 24.5 Å². The summed E-state index contributed by atoms with van der Waals surface area (Å²) in [6, 6.07) is 5.30. The molecule has 8 nitrogen and oxygen atoms in total. The van der Waals surface area contributed by atoms with E-state index >= 15 is 0 Å². The van der Waals surface area contributed by atoms with Gasteiger partial charge in [-0.3, -0.25) is 9.59 Å². The first-order valence-corrected chi connectivity index (χ1v) is 10.1. The average Bonchev–Trinajstić information content (AvgIpc) is 3.14. The molecule has 4 unspecified atom stereocenters. The van der Waals surface area contributed by atoms with Gasteiger partial charge in [0.05, 0.1) is 31.6 Å². The molecule has 0 spiro atoms. The second-order valence-corrected chi connectivity index (χ2v) is 7.56. The Kier molecular flexibility index (Phi) is 7.42. The predicted molar refractivity (Wildman–Crippen MR) is 106 cm³/mol. The zero-order valence-corrected chi connectivity index (χ0v) is 17.3. The normalized spacial score (nSPS) is 24.1. The van der Waals surface area contributed by atoms with Gasteiger partial charge in [-0.25, -0.2) is 0 Å². The van der Waals surface area contributed by atoms with E-state index in [1.54, 1.807) is 24.3 Å². The number of hydrogen-bond donors (Lipinski definition) is 3. The van der Waals surface area contributed by atoms with Crippen molar-refractivity contribution in [1.29, 1.82) is 0 Å². The van der Waals surface area contributed by atoms with Crippen LogP contribution in [0.25, 0.3) is 0 Å². The third kappa shape index (κ3) is 5.05. The van der Waals surface area contributed by atoms with Crippen LogP contribution in [-0.2, 0) is 14.3 Å². The highest BCUT2D eigenvalue weighted by atomic mass is 19.4. The fourth-order valence-corrected chi connectivity index (χ4v) is 4.08. The molecular weight excluding hydrogens is 433 g/mol. The number of methoxy groups -OCH3 is 1. The van der Waals surface area contributed by atoms with Crippen LogP contribution in [0.1, 0.15) is 17.9 Å². The molecule has 0 aromatic heterocycles. The molecule has 1 aliphatic heterocycles. The Bertz CT molecular complexity index is 875. The van der Waals surface area contributed by atoms with Crippen LogP contribution in [0.2, 0.25) is 0 Å². The minimum absolute atomic E-state index is 0.0652. The molecule has 11 heteroatoms. The molecule has 0 fully saturated rings. The van der Waals surface area contributed by atoms with Crippen molar-refractivity contribution in [3.8, 4) is 5.75 Å². The maximum Gasteiger partial charge on any atom is 0.406 e. The second-order valence-electron chi connectivity index (χ2n) is 7.56. The van der Waals surface area contributed by atoms with Crippen molar-refractivity contribution in [2.45, 2.75) is 36.8 Å². The van der Waals surface area contributed by atoms with E-state index in [2.05, 4.69) is 5.32 Å². The molecule has 32 heavy (non-hydrogen) atoms. The van der Waals surface area contributed by atoms with Crippen LogP contribution >= 0.6 is 0 Å². The molecule has 1 heterocycles. The molecule has 2 aliphatic rings. The quantitative estimate of drug-likeness (QED) is 0.530. The number of fused-ring (bicyclic) bond motifs is 3. The first-order valence-electron chi connectivity index (χ1n) is 10.1. The minimum Gasteiger partial charge on any atom is -0.486 e. The van der Waals surface area contributed by atoms with Crippen molar-refractivity contribution in [3.05, 3.63) is 41.5 Å². The number of nitrogens with one attached hydrogen (secondary N) is 1. The monoisotopic (exact) mass is 458 g/mol. The Morgan fingerprint density at radius 2 is 2.00 bits per heavy atom. The molecule has 4 atom stereocenters. The molecule has 0 saturated heterocycles. The molecule has 0 bridgehead atoms. The standard InChI is InChI=1S/C21H25F3N2O6/c1-31-9-6-16(28)26(11-21(22,23)24)14-10-13(20(30)25-7-8-27)17-12-4-2-3-5-15(12)32-19(17)18(14)29/h2-5,10,14,17-19,27,29H,6-9,11H2,1H3,(H,25,30). The van der Waals surface area contributed by atoms with E-state index in [0.29, 0.717) is 16.2 Å². The molecule has 1 aromatic rings. The van der Waals surface area contributed by atoms with Crippen LogP contribution in [0, 0.1) is 0 Å². The number of rotatable bonds is 8. The smallest absolute Gasteiger partial charge is 0.406 e. The molecule has 3 rings (SSSR count). The van der Waals surface area contributed by atoms with E-state index in [-0.39, 0.29) is 31.8 Å². The summed E-state index contributed by atoms with van der Waals surface area (Å²) in [4.78, 5) is 26.0. The number of amides is 2. The molecule has 2 amide bonds. The van der Waals surface area contributed by atoms with Crippen LogP contribution in [0.15, 0.2) is 35.9 Å². The number of carbonyl (C=O) groups is 2. The number of nitrogens with zero attached hydrogens (tertiary/aromatic N) is 1. The van der Waals surface area contributed by atoms with E-state index < -0.39 is 48.7 Å². The SMILES string of the molecule is COCCC(=O)N(CC(F)(F)F)C1C=C(C(=O)NCCO)C2c3ccccc3OC2C1O. The largest absolute Gasteiger partial charge is 0.486 e. The summed E-state index contributed by atoms with van der Waals surface area (Å²) < 4.78 is 50.5. The van der Waals surface area contributed by atoms with E-state index in [0.717, 1.165) is 0 Å².